The first kappa shape index (κ1) is 14.6. The standard InChI is InChI=1S/C15H19N3O4/c1-3-21-12-11(5-4-7-16-12)13(19)18-8-6-15(10-18)9-17(2)14(20)22-15/h4-5,7H,3,6,8-10H2,1-2H3. The summed E-state index contributed by atoms with van der Waals surface area (Å²) in [5.74, 6) is 0.204. The van der Waals surface area contributed by atoms with Crippen molar-refractivity contribution < 1.29 is 19.1 Å². The van der Waals surface area contributed by atoms with Crippen molar-refractivity contribution in [1.82, 2.24) is 14.8 Å². The van der Waals surface area contributed by atoms with Gasteiger partial charge in [0.25, 0.3) is 5.91 Å². The molecule has 3 rings (SSSR count). The second-order valence-corrected chi connectivity index (χ2v) is 5.67. The Kier molecular flexibility index (Phi) is 3.64. The zero-order valence-electron chi connectivity index (χ0n) is 12.7. The number of ether oxygens (including phenoxy) is 2. The Bertz CT molecular complexity index is 606. The van der Waals surface area contributed by atoms with E-state index in [1.165, 1.54) is 0 Å². The Labute approximate surface area is 128 Å². The number of hydrogen-bond donors (Lipinski definition) is 0. The Balaban J connectivity index is 1.76. The van der Waals surface area contributed by atoms with Gasteiger partial charge in [-0.15, -0.1) is 0 Å². The van der Waals surface area contributed by atoms with E-state index in [0.717, 1.165) is 0 Å². The van der Waals surface area contributed by atoms with E-state index in [2.05, 4.69) is 4.98 Å². The molecule has 22 heavy (non-hydrogen) atoms. The van der Waals surface area contributed by atoms with Crippen molar-refractivity contribution in [2.75, 3.05) is 33.3 Å². The smallest absolute Gasteiger partial charge is 0.410 e. The van der Waals surface area contributed by atoms with Crippen molar-refractivity contribution in [3.63, 3.8) is 0 Å². The molecule has 0 aliphatic carbocycles. The lowest BCUT2D eigenvalue weighted by Gasteiger charge is -2.22. The van der Waals surface area contributed by atoms with Gasteiger partial charge in [0.1, 0.15) is 5.56 Å². The van der Waals surface area contributed by atoms with Crippen LogP contribution < -0.4 is 4.74 Å². The van der Waals surface area contributed by atoms with Gasteiger partial charge in [0.2, 0.25) is 5.88 Å². The van der Waals surface area contributed by atoms with Crippen molar-refractivity contribution in [2.45, 2.75) is 18.9 Å². The maximum Gasteiger partial charge on any atom is 0.410 e. The fraction of sp³-hybridized carbons (Fsp3) is 0.533. The first-order valence-electron chi connectivity index (χ1n) is 7.36. The summed E-state index contributed by atoms with van der Waals surface area (Å²) in [6.07, 6.45) is 1.92. The molecule has 0 N–H and O–H groups in total. The number of likely N-dealkylation sites (tertiary alicyclic amines) is 1. The third-order valence-electron chi connectivity index (χ3n) is 4.03. The number of amides is 2. The van der Waals surface area contributed by atoms with Crippen LogP contribution in [0.15, 0.2) is 18.3 Å². The largest absolute Gasteiger partial charge is 0.477 e. The lowest BCUT2D eigenvalue weighted by Crippen LogP contribution is -2.39. The first-order chi connectivity index (χ1) is 10.5. The molecular weight excluding hydrogens is 286 g/mol. The minimum absolute atomic E-state index is 0.140. The lowest BCUT2D eigenvalue weighted by molar-refractivity contribution is 0.0550. The molecular formula is C15H19N3O4. The Morgan fingerprint density at radius 2 is 2.32 bits per heavy atom. The molecule has 2 amide bonds. The highest BCUT2D eigenvalue weighted by atomic mass is 16.6. The van der Waals surface area contributed by atoms with Gasteiger partial charge in [-0.25, -0.2) is 9.78 Å². The van der Waals surface area contributed by atoms with E-state index < -0.39 is 5.60 Å². The van der Waals surface area contributed by atoms with E-state index in [4.69, 9.17) is 9.47 Å². The third-order valence-corrected chi connectivity index (χ3v) is 4.03. The second-order valence-electron chi connectivity index (χ2n) is 5.67. The van der Waals surface area contributed by atoms with E-state index in [1.807, 2.05) is 6.92 Å². The quantitative estimate of drug-likeness (QED) is 0.837. The van der Waals surface area contributed by atoms with Gasteiger partial charge >= 0.3 is 6.09 Å². The Hall–Kier alpha value is -2.31. The van der Waals surface area contributed by atoms with Crippen LogP contribution in [0.25, 0.3) is 0 Å². The van der Waals surface area contributed by atoms with Crippen LogP contribution in [0.4, 0.5) is 4.79 Å². The monoisotopic (exact) mass is 305 g/mol. The van der Waals surface area contributed by atoms with Crippen LogP contribution in [0.3, 0.4) is 0 Å². The average Bonchev–Trinajstić information content (AvgIpc) is 3.03. The van der Waals surface area contributed by atoms with Gasteiger partial charge in [-0.3, -0.25) is 4.79 Å². The zero-order chi connectivity index (χ0) is 15.7. The predicted molar refractivity (Wildman–Crippen MR) is 77.8 cm³/mol. The SMILES string of the molecule is CCOc1ncccc1C(=O)N1CCC2(CN(C)C(=O)O2)C1. The Morgan fingerprint density at radius 1 is 1.50 bits per heavy atom. The minimum Gasteiger partial charge on any atom is -0.477 e. The molecule has 2 aliphatic rings. The van der Waals surface area contributed by atoms with E-state index in [9.17, 15) is 9.59 Å². The molecule has 7 heteroatoms. The summed E-state index contributed by atoms with van der Waals surface area (Å²) < 4.78 is 10.9. The van der Waals surface area contributed by atoms with Crippen molar-refractivity contribution >= 4 is 12.0 Å². The van der Waals surface area contributed by atoms with Crippen molar-refractivity contribution in [3.8, 4) is 5.88 Å². The highest BCUT2D eigenvalue weighted by Crippen LogP contribution is 2.33. The summed E-state index contributed by atoms with van der Waals surface area (Å²) in [5, 5.41) is 0. The first-order valence-corrected chi connectivity index (χ1v) is 7.36. The highest BCUT2D eigenvalue weighted by Gasteiger charge is 2.49. The normalized spacial score (nSPS) is 24.0. The van der Waals surface area contributed by atoms with E-state index >= 15 is 0 Å². The van der Waals surface area contributed by atoms with Gasteiger partial charge in [-0.2, -0.15) is 0 Å². The molecule has 1 atom stereocenters. The summed E-state index contributed by atoms with van der Waals surface area (Å²) >= 11 is 0. The molecule has 0 saturated carbocycles. The van der Waals surface area contributed by atoms with Gasteiger partial charge in [0.15, 0.2) is 5.60 Å². The fourth-order valence-corrected chi connectivity index (χ4v) is 3.00. The molecule has 7 nitrogen and oxygen atoms in total. The molecule has 2 aliphatic heterocycles. The van der Waals surface area contributed by atoms with Gasteiger partial charge < -0.3 is 19.3 Å². The summed E-state index contributed by atoms with van der Waals surface area (Å²) in [5.41, 5.74) is -0.130. The van der Waals surface area contributed by atoms with Crippen LogP contribution >= 0.6 is 0 Å². The van der Waals surface area contributed by atoms with Crippen molar-refractivity contribution in [3.05, 3.63) is 23.9 Å². The number of rotatable bonds is 3. The summed E-state index contributed by atoms with van der Waals surface area (Å²) in [7, 11) is 1.70. The molecule has 0 bridgehead atoms. The molecule has 1 aromatic heterocycles. The second kappa shape index (κ2) is 5.47. The molecule has 1 aromatic rings. The molecule has 118 valence electrons. The number of carbonyl (C=O) groups excluding carboxylic acids is 2. The lowest BCUT2D eigenvalue weighted by atomic mass is 10.0. The molecule has 1 unspecified atom stereocenters. The van der Waals surface area contributed by atoms with E-state index in [1.54, 1.807) is 35.2 Å². The predicted octanol–water partition coefficient (Wildman–Crippen LogP) is 1.15. The molecule has 2 fully saturated rings. The number of hydrogen-bond acceptors (Lipinski definition) is 5. The molecule has 3 heterocycles. The van der Waals surface area contributed by atoms with Crippen LogP contribution in [0.5, 0.6) is 5.88 Å². The minimum atomic E-state index is -0.574. The van der Waals surface area contributed by atoms with Crippen LogP contribution in [0.1, 0.15) is 23.7 Å². The van der Waals surface area contributed by atoms with E-state index in [-0.39, 0.29) is 12.0 Å². The van der Waals surface area contributed by atoms with Gasteiger partial charge in [0, 0.05) is 26.2 Å². The van der Waals surface area contributed by atoms with Gasteiger partial charge in [-0.1, -0.05) is 0 Å². The highest BCUT2D eigenvalue weighted by molar-refractivity contribution is 5.96. The summed E-state index contributed by atoms with van der Waals surface area (Å²) in [4.78, 5) is 31.6. The topological polar surface area (TPSA) is 72.0 Å². The average molecular weight is 305 g/mol. The molecule has 0 aromatic carbocycles. The van der Waals surface area contributed by atoms with Gasteiger partial charge in [0.05, 0.1) is 19.7 Å². The maximum absolute atomic E-state index is 12.7. The molecule has 1 spiro atoms. The summed E-state index contributed by atoms with van der Waals surface area (Å²) in [6, 6.07) is 3.42. The van der Waals surface area contributed by atoms with Crippen LogP contribution in [0, 0.1) is 0 Å². The van der Waals surface area contributed by atoms with Crippen molar-refractivity contribution in [2.24, 2.45) is 0 Å². The third kappa shape index (κ3) is 2.47. The molecule has 2 saturated heterocycles. The number of aromatic nitrogens is 1. The van der Waals surface area contributed by atoms with Gasteiger partial charge in [-0.05, 0) is 19.1 Å². The van der Waals surface area contributed by atoms with E-state index in [0.29, 0.717) is 44.1 Å². The number of likely N-dealkylation sites (N-methyl/N-ethyl adjacent to an activating group) is 1. The number of nitrogens with zero attached hydrogens (tertiary/aromatic N) is 3. The number of pyridine rings is 1. The van der Waals surface area contributed by atoms with Crippen LogP contribution in [-0.2, 0) is 4.74 Å². The molecule has 0 radical (unpaired) electrons. The van der Waals surface area contributed by atoms with Crippen LogP contribution in [0.2, 0.25) is 0 Å². The number of carbonyl (C=O) groups is 2. The fourth-order valence-electron chi connectivity index (χ4n) is 3.00. The van der Waals surface area contributed by atoms with Crippen molar-refractivity contribution in [1.29, 1.82) is 0 Å². The zero-order valence-corrected chi connectivity index (χ0v) is 12.7. The maximum atomic E-state index is 12.7. The Morgan fingerprint density at radius 3 is 3.00 bits per heavy atom. The summed E-state index contributed by atoms with van der Waals surface area (Å²) in [6.45, 7) is 3.77. The van der Waals surface area contributed by atoms with Crippen LogP contribution in [-0.4, -0.2) is 65.7 Å².